The van der Waals surface area contributed by atoms with Crippen molar-refractivity contribution in [3.8, 4) is 0 Å². The number of nitrogens with zero attached hydrogens (tertiary/aromatic N) is 2. The molecule has 0 amide bonds. The summed E-state index contributed by atoms with van der Waals surface area (Å²) in [6, 6.07) is 9.50. The molecule has 2 rings (SSSR count). The fourth-order valence-electron chi connectivity index (χ4n) is 2.13. The number of halogens is 3. The highest BCUT2D eigenvalue weighted by Crippen LogP contribution is 2.34. The van der Waals surface area contributed by atoms with Crippen LogP contribution in [0, 0.1) is 6.92 Å². The first kappa shape index (κ1) is 17.1. The Morgan fingerprint density at radius 2 is 1.70 bits per heavy atom. The molecule has 0 aliphatic heterocycles. The predicted molar refractivity (Wildman–Crippen MR) is 80.1 cm³/mol. The molecule has 0 aliphatic carbocycles. The second kappa shape index (κ2) is 6.89. The summed E-state index contributed by atoms with van der Waals surface area (Å²) in [6.45, 7) is 2.93. The maximum absolute atomic E-state index is 12.6. The number of Topliss-reactive ketones (excluding diaryl/α,β-unsaturated/α-hetero) is 1. The fraction of sp³-hybridized carbons (Fsp3) is 0.353. The molecule has 0 radical (unpaired) electrons. The number of carbonyl (C=O) groups is 1. The van der Waals surface area contributed by atoms with Gasteiger partial charge in [0.1, 0.15) is 5.78 Å². The van der Waals surface area contributed by atoms with Crippen LogP contribution in [0.15, 0.2) is 36.4 Å². The Morgan fingerprint density at radius 3 is 2.22 bits per heavy atom. The van der Waals surface area contributed by atoms with E-state index in [1.807, 2.05) is 6.92 Å². The minimum absolute atomic E-state index is 0.0558. The second-order valence-electron chi connectivity index (χ2n) is 5.56. The summed E-state index contributed by atoms with van der Waals surface area (Å²) in [5, 5.41) is 7.81. The van der Waals surface area contributed by atoms with E-state index >= 15 is 0 Å². The van der Waals surface area contributed by atoms with Crippen molar-refractivity contribution in [1.29, 1.82) is 0 Å². The van der Waals surface area contributed by atoms with Crippen molar-refractivity contribution in [2.24, 2.45) is 0 Å². The second-order valence-corrected chi connectivity index (χ2v) is 5.56. The van der Waals surface area contributed by atoms with Crippen molar-refractivity contribution in [2.75, 3.05) is 0 Å². The summed E-state index contributed by atoms with van der Waals surface area (Å²) in [5.41, 5.74) is 2.24. The maximum Gasteiger partial charge on any atom is 0.395 e. The molecule has 3 nitrogen and oxygen atoms in total. The van der Waals surface area contributed by atoms with Gasteiger partial charge in [-0.1, -0.05) is 24.3 Å². The Balaban J connectivity index is 1.98. The third-order valence-corrected chi connectivity index (χ3v) is 3.60. The number of carbonyl (C=O) groups excluding carboxylic acids is 1. The molecule has 1 atom stereocenters. The number of benzene rings is 1. The molecule has 1 aromatic carbocycles. The van der Waals surface area contributed by atoms with Crippen LogP contribution in [-0.2, 0) is 17.6 Å². The highest BCUT2D eigenvalue weighted by Gasteiger charge is 2.36. The SMILES string of the molecule is Cc1ccc(CC(=O)Cc2ccc(C(C)C(F)(F)F)cc2)nn1. The third kappa shape index (κ3) is 4.87. The molecule has 23 heavy (non-hydrogen) atoms. The minimum Gasteiger partial charge on any atom is -0.299 e. The first-order valence-electron chi connectivity index (χ1n) is 7.22. The summed E-state index contributed by atoms with van der Waals surface area (Å²) in [5.74, 6) is -1.57. The first-order chi connectivity index (χ1) is 10.8. The van der Waals surface area contributed by atoms with Gasteiger partial charge in [0.05, 0.1) is 23.7 Å². The van der Waals surface area contributed by atoms with Crippen molar-refractivity contribution in [2.45, 2.75) is 38.8 Å². The van der Waals surface area contributed by atoms with Crippen molar-refractivity contribution in [3.63, 3.8) is 0 Å². The number of alkyl halides is 3. The van der Waals surface area contributed by atoms with Gasteiger partial charge in [-0.2, -0.15) is 23.4 Å². The van der Waals surface area contributed by atoms with Crippen LogP contribution in [0.5, 0.6) is 0 Å². The normalized spacial score (nSPS) is 12.9. The number of rotatable bonds is 5. The number of ketones is 1. The first-order valence-corrected chi connectivity index (χ1v) is 7.22. The van der Waals surface area contributed by atoms with E-state index in [-0.39, 0.29) is 24.2 Å². The van der Waals surface area contributed by atoms with Crippen LogP contribution in [-0.4, -0.2) is 22.2 Å². The molecule has 0 aliphatic rings. The molecule has 0 saturated heterocycles. The Hall–Kier alpha value is -2.24. The molecule has 0 spiro atoms. The van der Waals surface area contributed by atoms with Gasteiger partial charge in [0, 0.05) is 6.42 Å². The predicted octanol–water partition coefficient (Wildman–Crippen LogP) is 3.81. The van der Waals surface area contributed by atoms with Crippen LogP contribution in [0.2, 0.25) is 0 Å². The summed E-state index contributed by atoms with van der Waals surface area (Å²) >= 11 is 0. The lowest BCUT2D eigenvalue weighted by Crippen LogP contribution is -2.17. The van der Waals surface area contributed by atoms with Crippen molar-refractivity contribution in [1.82, 2.24) is 10.2 Å². The van der Waals surface area contributed by atoms with Gasteiger partial charge < -0.3 is 0 Å². The zero-order valence-corrected chi connectivity index (χ0v) is 12.9. The smallest absolute Gasteiger partial charge is 0.299 e. The third-order valence-electron chi connectivity index (χ3n) is 3.60. The van der Waals surface area contributed by atoms with E-state index in [9.17, 15) is 18.0 Å². The molecule has 1 heterocycles. The summed E-state index contributed by atoms with van der Waals surface area (Å²) in [6.07, 6.45) is -3.94. The largest absolute Gasteiger partial charge is 0.395 e. The summed E-state index contributed by atoms with van der Waals surface area (Å²) in [4.78, 5) is 12.0. The number of hydrogen-bond acceptors (Lipinski definition) is 3. The monoisotopic (exact) mass is 322 g/mol. The molecule has 0 bridgehead atoms. The molecule has 0 fully saturated rings. The van der Waals surface area contributed by atoms with Gasteiger partial charge in [-0.05, 0) is 37.1 Å². The average Bonchev–Trinajstić information content (AvgIpc) is 2.49. The van der Waals surface area contributed by atoms with Gasteiger partial charge in [-0.25, -0.2) is 0 Å². The van der Waals surface area contributed by atoms with E-state index in [1.165, 1.54) is 12.1 Å². The number of aryl methyl sites for hydroxylation is 1. The topological polar surface area (TPSA) is 42.9 Å². The van der Waals surface area contributed by atoms with Crippen LogP contribution < -0.4 is 0 Å². The lowest BCUT2D eigenvalue weighted by molar-refractivity contribution is -0.146. The number of aromatic nitrogens is 2. The highest BCUT2D eigenvalue weighted by atomic mass is 19.4. The van der Waals surface area contributed by atoms with E-state index in [4.69, 9.17) is 0 Å². The Morgan fingerprint density at radius 1 is 1.04 bits per heavy atom. The van der Waals surface area contributed by atoms with Gasteiger partial charge in [0.2, 0.25) is 0 Å². The van der Waals surface area contributed by atoms with Crippen LogP contribution >= 0.6 is 0 Å². The number of hydrogen-bond donors (Lipinski definition) is 0. The lowest BCUT2D eigenvalue weighted by atomic mass is 9.97. The summed E-state index contributed by atoms with van der Waals surface area (Å²) in [7, 11) is 0. The van der Waals surface area contributed by atoms with Crippen molar-refractivity contribution >= 4 is 5.78 Å². The van der Waals surface area contributed by atoms with Crippen LogP contribution in [0.3, 0.4) is 0 Å². The van der Waals surface area contributed by atoms with E-state index < -0.39 is 12.1 Å². The van der Waals surface area contributed by atoms with Crippen LogP contribution in [0.25, 0.3) is 0 Å². The molecule has 1 aromatic heterocycles. The van der Waals surface area contributed by atoms with E-state index in [0.717, 1.165) is 12.6 Å². The van der Waals surface area contributed by atoms with Crippen LogP contribution in [0.4, 0.5) is 13.2 Å². The van der Waals surface area contributed by atoms with Gasteiger partial charge in [0.25, 0.3) is 0 Å². The Labute approximate surface area is 132 Å². The fourth-order valence-corrected chi connectivity index (χ4v) is 2.13. The Kier molecular flexibility index (Phi) is 5.13. The molecule has 6 heteroatoms. The van der Waals surface area contributed by atoms with E-state index in [2.05, 4.69) is 10.2 Å². The maximum atomic E-state index is 12.6. The van der Waals surface area contributed by atoms with E-state index in [0.29, 0.717) is 11.3 Å². The Bertz CT molecular complexity index is 664. The lowest BCUT2D eigenvalue weighted by Gasteiger charge is -2.16. The standard InChI is InChI=1S/C17H17F3N2O/c1-11-3-8-15(22-21-11)10-16(23)9-13-4-6-14(7-5-13)12(2)17(18,19)20/h3-8,12H,9-10H2,1-2H3. The van der Waals surface area contributed by atoms with Crippen molar-refractivity contribution < 1.29 is 18.0 Å². The molecular formula is C17H17F3N2O. The average molecular weight is 322 g/mol. The van der Waals surface area contributed by atoms with Crippen LogP contribution in [0.1, 0.15) is 35.4 Å². The molecular weight excluding hydrogens is 305 g/mol. The van der Waals surface area contributed by atoms with Gasteiger partial charge >= 0.3 is 6.18 Å². The molecule has 122 valence electrons. The van der Waals surface area contributed by atoms with Crippen molar-refractivity contribution in [3.05, 3.63) is 58.9 Å². The molecule has 0 saturated carbocycles. The molecule has 0 N–H and O–H groups in total. The zero-order valence-electron chi connectivity index (χ0n) is 12.9. The van der Waals surface area contributed by atoms with E-state index in [1.54, 1.807) is 24.3 Å². The molecule has 1 unspecified atom stereocenters. The zero-order chi connectivity index (χ0) is 17.0. The summed E-state index contributed by atoms with van der Waals surface area (Å²) < 4.78 is 37.9. The quantitative estimate of drug-likeness (QED) is 0.841. The van der Waals surface area contributed by atoms with Gasteiger partial charge in [0.15, 0.2) is 0 Å². The minimum atomic E-state index is -4.26. The highest BCUT2D eigenvalue weighted by molar-refractivity contribution is 5.82. The van der Waals surface area contributed by atoms with Gasteiger partial charge in [-0.3, -0.25) is 4.79 Å². The molecule has 2 aromatic rings. The van der Waals surface area contributed by atoms with Gasteiger partial charge in [-0.15, -0.1) is 0 Å².